The lowest BCUT2D eigenvalue weighted by molar-refractivity contribution is 0.936. The molecule has 20 heavy (non-hydrogen) atoms. The van der Waals surface area contributed by atoms with E-state index in [0.29, 0.717) is 10.9 Å². The summed E-state index contributed by atoms with van der Waals surface area (Å²) in [4.78, 5) is 8.23. The lowest BCUT2D eigenvalue weighted by Gasteiger charge is -2.14. The van der Waals surface area contributed by atoms with E-state index in [-0.39, 0.29) is 0 Å². The number of hydrogen-bond acceptors (Lipinski definition) is 4. The number of nitrogens with one attached hydrogen (secondary N) is 1. The van der Waals surface area contributed by atoms with Crippen molar-refractivity contribution in [3.05, 3.63) is 44.2 Å². The van der Waals surface area contributed by atoms with E-state index in [1.807, 2.05) is 25.1 Å². The zero-order valence-corrected chi connectivity index (χ0v) is 14.2. The third kappa shape index (κ3) is 2.30. The Morgan fingerprint density at radius 1 is 1.25 bits per heavy atom. The van der Waals surface area contributed by atoms with Crippen molar-refractivity contribution in [2.45, 2.75) is 6.92 Å². The lowest BCUT2D eigenvalue weighted by atomic mass is 10.3. The van der Waals surface area contributed by atoms with Gasteiger partial charge in [-0.25, -0.2) is 0 Å². The Balaban J connectivity index is 2.20. The largest absolute Gasteiger partial charge is 0.338 e. The minimum absolute atomic E-state index is 0.399. The van der Waals surface area contributed by atoms with Crippen molar-refractivity contribution < 1.29 is 0 Å². The Bertz CT molecular complexity index is 782. The molecule has 0 atom stereocenters. The highest BCUT2D eigenvalue weighted by Crippen LogP contribution is 2.34. The van der Waals surface area contributed by atoms with Gasteiger partial charge in [0, 0.05) is 14.5 Å². The van der Waals surface area contributed by atoms with Crippen LogP contribution in [0.2, 0.25) is 5.15 Å². The molecule has 3 rings (SSSR count). The molecule has 102 valence electrons. The van der Waals surface area contributed by atoms with Crippen LogP contribution < -0.4 is 5.32 Å². The average molecular weight is 417 g/mol. The van der Waals surface area contributed by atoms with Crippen molar-refractivity contribution in [2.75, 3.05) is 5.32 Å². The molecule has 8 heteroatoms. The SMILES string of the molecule is Cc1c(Cl)nc2ncnn2c1Nc1c(Br)cccc1Br. The van der Waals surface area contributed by atoms with E-state index in [4.69, 9.17) is 11.6 Å². The van der Waals surface area contributed by atoms with Crippen molar-refractivity contribution in [1.82, 2.24) is 19.6 Å². The quantitative estimate of drug-likeness (QED) is 0.630. The molecule has 5 nitrogen and oxygen atoms in total. The van der Waals surface area contributed by atoms with Gasteiger partial charge in [0.1, 0.15) is 17.3 Å². The monoisotopic (exact) mass is 415 g/mol. The van der Waals surface area contributed by atoms with Gasteiger partial charge in [-0.05, 0) is 50.9 Å². The standard InChI is InChI=1S/C12H8Br2ClN5/c1-6-10(15)19-12-16-5-17-20(12)11(6)18-9-7(13)3-2-4-8(9)14/h2-5,18H,1H3. The first-order valence-corrected chi connectivity index (χ1v) is 7.61. The fourth-order valence-corrected chi connectivity index (χ4v) is 3.14. The van der Waals surface area contributed by atoms with Crippen molar-refractivity contribution in [2.24, 2.45) is 0 Å². The highest BCUT2D eigenvalue weighted by molar-refractivity contribution is 9.11. The number of nitrogens with zero attached hydrogens (tertiary/aromatic N) is 4. The summed E-state index contributed by atoms with van der Waals surface area (Å²) in [6.07, 6.45) is 1.44. The van der Waals surface area contributed by atoms with E-state index in [0.717, 1.165) is 26.0 Å². The Labute approximate surface area is 136 Å². The van der Waals surface area contributed by atoms with E-state index >= 15 is 0 Å². The van der Waals surface area contributed by atoms with Gasteiger partial charge in [-0.15, -0.1) is 0 Å². The topological polar surface area (TPSA) is 55.1 Å². The molecule has 0 fully saturated rings. The van der Waals surface area contributed by atoms with E-state index in [1.165, 1.54) is 6.33 Å². The fourth-order valence-electron chi connectivity index (χ4n) is 1.78. The Morgan fingerprint density at radius 2 is 1.95 bits per heavy atom. The molecule has 0 bridgehead atoms. The van der Waals surface area contributed by atoms with Crippen LogP contribution in [-0.2, 0) is 0 Å². The second kappa shape index (κ2) is 5.31. The molecule has 1 N–H and O–H groups in total. The number of hydrogen-bond donors (Lipinski definition) is 1. The van der Waals surface area contributed by atoms with Gasteiger partial charge in [0.25, 0.3) is 5.78 Å². The van der Waals surface area contributed by atoms with Crippen molar-refractivity contribution in [3.8, 4) is 0 Å². The predicted molar refractivity (Wildman–Crippen MR) is 85.7 cm³/mol. The van der Waals surface area contributed by atoms with Gasteiger partial charge in [-0.1, -0.05) is 17.7 Å². The van der Waals surface area contributed by atoms with Crippen LogP contribution in [0.5, 0.6) is 0 Å². The van der Waals surface area contributed by atoms with Gasteiger partial charge < -0.3 is 5.32 Å². The Kier molecular flexibility index (Phi) is 3.66. The first-order valence-electron chi connectivity index (χ1n) is 5.65. The smallest absolute Gasteiger partial charge is 0.255 e. The maximum Gasteiger partial charge on any atom is 0.255 e. The van der Waals surface area contributed by atoms with Gasteiger partial charge in [0.2, 0.25) is 0 Å². The number of halogens is 3. The molecule has 2 heterocycles. The number of fused-ring (bicyclic) bond motifs is 1. The first kappa shape index (κ1) is 13.8. The molecule has 0 spiro atoms. The van der Waals surface area contributed by atoms with Crippen LogP contribution in [0.15, 0.2) is 33.5 Å². The number of benzene rings is 1. The maximum atomic E-state index is 6.14. The van der Waals surface area contributed by atoms with Crippen LogP contribution in [0.3, 0.4) is 0 Å². The summed E-state index contributed by atoms with van der Waals surface area (Å²) in [5.41, 5.74) is 1.68. The first-order chi connectivity index (χ1) is 9.58. The minimum atomic E-state index is 0.399. The van der Waals surface area contributed by atoms with E-state index in [2.05, 4.69) is 52.2 Å². The van der Waals surface area contributed by atoms with Gasteiger partial charge >= 0.3 is 0 Å². The highest BCUT2D eigenvalue weighted by atomic mass is 79.9. The average Bonchev–Trinajstić information content (AvgIpc) is 2.85. The summed E-state index contributed by atoms with van der Waals surface area (Å²) in [5.74, 6) is 1.18. The predicted octanol–water partition coefficient (Wildman–Crippen LogP) is 4.35. The van der Waals surface area contributed by atoms with Gasteiger partial charge in [-0.2, -0.15) is 19.6 Å². The number of anilines is 2. The summed E-state index contributed by atoms with van der Waals surface area (Å²) >= 11 is 13.2. The third-order valence-electron chi connectivity index (χ3n) is 2.81. The number of para-hydroxylation sites is 1. The summed E-state index contributed by atoms with van der Waals surface area (Å²) in [6.45, 7) is 1.88. The molecule has 0 aliphatic heterocycles. The number of aromatic nitrogens is 4. The maximum absolute atomic E-state index is 6.14. The van der Waals surface area contributed by atoms with E-state index < -0.39 is 0 Å². The minimum Gasteiger partial charge on any atom is -0.338 e. The normalized spacial score (nSPS) is 11.0. The van der Waals surface area contributed by atoms with E-state index in [9.17, 15) is 0 Å². The van der Waals surface area contributed by atoms with Crippen LogP contribution in [0.25, 0.3) is 5.78 Å². The molecule has 2 aromatic heterocycles. The molecule has 0 saturated heterocycles. The van der Waals surface area contributed by atoms with Crippen molar-refractivity contribution in [3.63, 3.8) is 0 Å². The second-order valence-corrected chi connectivity index (χ2v) is 6.14. The van der Waals surface area contributed by atoms with Gasteiger partial charge in [-0.3, -0.25) is 0 Å². The van der Waals surface area contributed by atoms with Crippen LogP contribution in [0, 0.1) is 6.92 Å². The molecule has 3 aromatic rings. The molecular formula is C12H8Br2ClN5. The van der Waals surface area contributed by atoms with Gasteiger partial charge in [0.15, 0.2) is 0 Å². The van der Waals surface area contributed by atoms with Crippen LogP contribution >= 0.6 is 43.5 Å². The molecular weight excluding hydrogens is 409 g/mol. The summed E-state index contributed by atoms with van der Waals surface area (Å²) < 4.78 is 3.47. The lowest BCUT2D eigenvalue weighted by Crippen LogP contribution is -2.05. The number of rotatable bonds is 2. The fraction of sp³-hybridized carbons (Fsp3) is 0.0833. The molecule has 0 saturated carbocycles. The van der Waals surface area contributed by atoms with Crippen molar-refractivity contribution in [1.29, 1.82) is 0 Å². The zero-order valence-electron chi connectivity index (χ0n) is 10.2. The highest BCUT2D eigenvalue weighted by Gasteiger charge is 2.14. The Hall–Kier alpha value is -1.18. The summed E-state index contributed by atoms with van der Waals surface area (Å²) in [5, 5.41) is 7.89. The summed E-state index contributed by atoms with van der Waals surface area (Å²) in [7, 11) is 0. The Morgan fingerprint density at radius 3 is 2.65 bits per heavy atom. The molecule has 0 aliphatic carbocycles. The molecule has 0 aliphatic rings. The van der Waals surface area contributed by atoms with Crippen LogP contribution in [-0.4, -0.2) is 19.6 Å². The molecule has 0 radical (unpaired) electrons. The third-order valence-corrected chi connectivity index (χ3v) is 4.50. The van der Waals surface area contributed by atoms with E-state index in [1.54, 1.807) is 4.52 Å². The molecule has 1 aromatic carbocycles. The van der Waals surface area contributed by atoms with Gasteiger partial charge in [0.05, 0.1) is 5.69 Å². The van der Waals surface area contributed by atoms with Crippen LogP contribution in [0.4, 0.5) is 11.5 Å². The van der Waals surface area contributed by atoms with Crippen LogP contribution in [0.1, 0.15) is 5.56 Å². The van der Waals surface area contributed by atoms with Crippen molar-refractivity contribution >= 4 is 60.7 Å². The molecule has 0 amide bonds. The summed E-state index contributed by atoms with van der Waals surface area (Å²) in [6, 6.07) is 5.84. The second-order valence-electron chi connectivity index (χ2n) is 4.07. The zero-order chi connectivity index (χ0) is 14.3. The molecule has 0 unspecified atom stereocenters.